The molecular weight excluding hydrogens is 372 g/mol. The van der Waals surface area contributed by atoms with Gasteiger partial charge in [-0.1, -0.05) is 12.1 Å². The third kappa shape index (κ3) is 4.50. The second-order valence-electron chi connectivity index (χ2n) is 5.31. The number of rotatable bonds is 4. The largest absolute Gasteiger partial charge is 0.508 e. The molecule has 0 aliphatic carbocycles. The molecule has 0 bridgehead atoms. The van der Waals surface area contributed by atoms with Crippen LogP contribution < -0.4 is 5.32 Å². The number of phenolic OH excluding ortho intramolecular Hbond substituents is 2. The summed E-state index contributed by atoms with van der Waals surface area (Å²) in [6.07, 6.45) is 2.79. The van der Waals surface area contributed by atoms with E-state index >= 15 is 0 Å². The number of non-ortho nitro benzene ring substituents is 1. The Morgan fingerprint density at radius 3 is 2.74 bits per heavy atom. The van der Waals surface area contributed by atoms with Gasteiger partial charge in [0.05, 0.1) is 16.0 Å². The third-order valence-electron chi connectivity index (χ3n) is 3.39. The summed E-state index contributed by atoms with van der Waals surface area (Å²) >= 11 is 1.02. The van der Waals surface area contributed by atoms with Gasteiger partial charge in [-0.15, -0.1) is 5.10 Å². The molecule has 3 rings (SSSR count). The molecule has 1 aliphatic rings. The Morgan fingerprint density at radius 2 is 2.00 bits per heavy atom. The predicted octanol–water partition coefficient (Wildman–Crippen LogP) is 2.60. The maximum Gasteiger partial charge on any atom is 0.270 e. The summed E-state index contributed by atoms with van der Waals surface area (Å²) in [7, 11) is 0. The summed E-state index contributed by atoms with van der Waals surface area (Å²) in [4.78, 5) is 22.5. The first-order chi connectivity index (χ1) is 12.9. The molecule has 1 heterocycles. The Hall–Kier alpha value is -3.66. The maximum atomic E-state index is 12.0. The van der Waals surface area contributed by atoms with Crippen LogP contribution in [0, 0.1) is 10.1 Å². The van der Waals surface area contributed by atoms with E-state index in [1.54, 1.807) is 6.07 Å². The van der Waals surface area contributed by atoms with Crippen molar-refractivity contribution >= 4 is 40.8 Å². The van der Waals surface area contributed by atoms with Crippen LogP contribution in [-0.2, 0) is 4.79 Å². The van der Waals surface area contributed by atoms with E-state index in [4.69, 9.17) is 0 Å². The number of amides is 1. The number of aromatic hydroxyl groups is 2. The van der Waals surface area contributed by atoms with Gasteiger partial charge in [0.25, 0.3) is 11.6 Å². The standard InChI is InChI=1S/C17H12N4O5S/c22-13-5-4-11(14(23)8-13)7-15-16(24)19-17(27-15)20-18-9-10-2-1-3-12(6-10)21(25)26/h1-9,22-23H,(H,19,20,24)/b15-7+,18-9+. The first kappa shape index (κ1) is 18.1. The number of thioether (sulfide) groups is 1. The van der Waals surface area contributed by atoms with Crippen LogP contribution in [-0.4, -0.2) is 32.4 Å². The smallest absolute Gasteiger partial charge is 0.270 e. The van der Waals surface area contributed by atoms with Crippen molar-refractivity contribution in [2.75, 3.05) is 0 Å². The molecule has 0 unspecified atom stereocenters. The van der Waals surface area contributed by atoms with Gasteiger partial charge >= 0.3 is 0 Å². The molecule has 2 aromatic rings. The van der Waals surface area contributed by atoms with Gasteiger partial charge < -0.3 is 10.2 Å². The summed E-state index contributed by atoms with van der Waals surface area (Å²) in [5.41, 5.74) is 0.800. The number of nitro groups is 1. The van der Waals surface area contributed by atoms with Crippen molar-refractivity contribution in [2.24, 2.45) is 10.2 Å². The lowest BCUT2D eigenvalue weighted by Gasteiger charge is -2.00. The van der Waals surface area contributed by atoms with Crippen LogP contribution in [0.15, 0.2) is 57.6 Å². The number of nitrogens with one attached hydrogen (secondary N) is 1. The van der Waals surface area contributed by atoms with Gasteiger partial charge in [-0.25, -0.2) is 0 Å². The lowest BCUT2D eigenvalue weighted by Crippen LogP contribution is -2.19. The van der Waals surface area contributed by atoms with E-state index in [0.29, 0.717) is 16.0 Å². The molecule has 1 fully saturated rings. The second-order valence-corrected chi connectivity index (χ2v) is 6.34. The van der Waals surface area contributed by atoms with Crippen molar-refractivity contribution in [3.63, 3.8) is 0 Å². The SMILES string of the molecule is O=C1N/C(=N\N=C\c2cccc([N+](=O)[O-])c2)S/C1=C/c1ccc(O)cc1O. The summed E-state index contributed by atoms with van der Waals surface area (Å²) in [5, 5.41) is 40.3. The first-order valence-electron chi connectivity index (χ1n) is 7.51. The van der Waals surface area contributed by atoms with E-state index in [9.17, 15) is 25.1 Å². The molecule has 2 aromatic carbocycles. The predicted molar refractivity (Wildman–Crippen MR) is 102 cm³/mol. The Morgan fingerprint density at radius 1 is 1.19 bits per heavy atom. The molecule has 0 radical (unpaired) electrons. The molecule has 0 aromatic heterocycles. The van der Waals surface area contributed by atoms with Crippen LogP contribution in [0.2, 0.25) is 0 Å². The fraction of sp³-hybridized carbons (Fsp3) is 0. The zero-order chi connectivity index (χ0) is 19.4. The molecular formula is C17H12N4O5S. The van der Waals surface area contributed by atoms with E-state index in [-0.39, 0.29) is 22.4 Å². The Bertz CT molecular complexity index is 1020. The zero-order valence-corrected chi connectivity index (χ0v) is 14.4. The normalized spacial score (nSPS) is 17.0. The molecule has 0 atom stereocenters. The van der Waals surface area contributed by atoms with Gasteiger partial charge in [0.2, 0.25) is 0 Å². The topological polar surface area (TPSA) is 137 Å². The van der Waals surface area contributed by atoms with Crippen molar-refractivity contribution in [1.29, 1.82) is 0 Å². The molecule has 0 spiro atoms. The molecule has 1 aliphatic heterocycles. The highest BCUT2D eigenvalue weighted by molar-refractivity contribution is 8.18. The average Bonchev–Trinajstić information content (AvgIpc) is 2.97. The quantitative estimate of drug-likeness (QED) is 0.321. The number of carbonyl (C=O) groups is 1. The minimum atomic E-state index is -0.508. The van der Waals surface area contributed by atoms with Crippen LogP contribution >= 0.6 is 11.8 Å². The average molecular weight is 384 g/mol. The summed E-state index contributed by atoms with van der Waals surface area (Å²) in [6, 6.07) is 9.92. The Balaban J connectivity index is 1.74. The van der Waals surface area contributed by atoms with Crippen LogP contribution in [0.1, 0.15) is 11.1 Å². The molecule has 10 heteroatoms. The lowest BCUT2D eigenvalue weighted by molar-refractivity contribution is -0.384. The lowest BCUT2D eigenvalue weighted by atomic mass is 10.2. The van der Waals surface area contributed by atoms with Gasteiger partial charge in [-0.3, -0.25) is 20.2 Å². The third-order valence-corrected chi connectivity index (χ3v) is 4.29. The molecule has 1 saturated heterocycles. The van der Waals surface area contributed by atoms with Crippen LogP contribution in [0.25, 0.3) is 6.08 Å². The fourth-order valence-corrected chi connectivity index (χ4v) is 2.91. The summed E-state index contributed by atoms with van der Waals surface area (Å²) < 4.78 is 0. The number of nitro benzene ring substituents is 1. The van der Waals surface area contributed by atoms with Gasteiger partial charge in [0.1, 0.15) is 11.5 Å². The number of phenols is 2. The number of hydrogen-bond acceptors (Lipinski definition) is 8. The molecule has 9 nitrogen and oxygen atoms in total. The van der Waals surface area contributed by atoms with Crippen molar-refractivity contribution in [2.45, 2.75) is 0 Å². The number of benzene rings is 2. The molecule has 0 saturated carbocycles. The monoisotopic (exact) mass is 384 g/mol. The van der Waals surface area contributed by atoms with E-state index < -0.39 is 10.8 Å². The second kappa shape index (κ2) is 7.70. The highest BCUT2D eigenvalue weighted by Gasteiger charge is 2.24. The number of carbonyl (C=O) groups excluding carboxylic acids is 1. The van der Waals surface area contributed by atoms with Gasteiger partial charge in [0, 0.05) is 29.3 Å². The number of hydrogen-bond donors (Lipinski definition) is 3. The van der Waals surface area contributed by atoms with E-state index in [2.05, 4.69) is 15.5 Å². The Kier molecular flexibility index (Phi) is 5.18. The van der Waals surface area contributed by atoms with Gasteiger partial charge in [-0.2, -0.15) is 5.10 Å². The fourth-order valence-electron chi connectivity index (χ4n) is 2.14. The van der Waals surface area contributed by atoms with Crippen molar-refractivity contribution in [1.82, 2.24) is 5.32 Å². The zero-order valence-electron chi connectivity index (χ0n) is 13.6. The van der Waals surface area contributed by atoms with Crippen molar-refractivity contribution in [3.05, 3.63) is 68.6 Å². The molecule has 136 valence electrons. The van der Waals surface area contributed by atoms with Crippen molar-refractivity contribution in [3.8, 4) is 11.5 Å². The van der Waals surface area contributed by atoms with Crippen LogP contribution in [0.4, 0.5) is 5.69 Å². The van der Waals surface area contributed by atoms with Gasteiger partial charge in [-0.05, 0) is 30.0 Å². The highest BCUT2D eigenvalue weighted by Crippen LogP contribution is 2.30. The molecule has 27 heavy (non-hydrogen) atoms. The molecule has 1 amide bonds. The van der Waals surface area contributed by atoms with Crippen LogP contribution in [0.3, 0.4) is 0 Å². The number of nitrogens with zero attached hydrogens (tertiary/aromatic N) is 3. The van der Waals surface area contributed by atoms with Gasteiger partial charge in [0.15, 0.2) is 5.17 Å². The highest BCUT2D eigenvalue weighted by atomic mass is 32.2. The van der Waals surface area contributed by atoms with E-state index in [0.717, 1.165) is 11.8 Å². The molecule has 3 N–H and O–H groups in total. The Labute approximate surface area is 156 Å². The first-order valence-corrected chi connectivity index (χ1v) is 8.32. The summed E-state index contributed by atoms with van der Waals surface area (Å²) in [6.45, 7) is 0. The van der Waals surface area contributed by atoms with E-state index in [1.165, 1.54) is 48.7 Å². The maximum absolute atomic E-state index is 12.0. The van der Waals surface area contributed by atoms with E-state index in [1.807, 2.05) is 0 Å². The van der Waals surface area contributed by atoms with Crippen molar-refractivity contribution < 1.29 is 19.9 Å². The number of amidine groups is 1. The summed E-state index contributed by atoms with van der Waals surface area (Å²) in [5.74, 6) is -0.655. The minimum Gasteiger partial charge on any atom is -0.508 e. The minimum absolute atomic E-state index is 0.0610. The van der Waals surface area contributed by atoms with Crippen LogP contribution in [0.5, 0.6) is 11.5 Å².